The van der Waals surface area contributed by atoms with E-state index in [0.717, 1.165) is 10.9 Å². The van der Waals surface area contributed by atoms with Gasteiger partial charge in [0.1, 0.15) is 0 Å². The van der Waals surface area contributed by atoms with Crippen molar-refractivity contribution < 1.29 is 32.2 Å². The van der Waals surface area contributed by atoms with Gasteiger partial charge in [0.05, 0.1) is 38.5 Å². The lowest BCUT2D eigenvalue weighted by Crippen LogP contribution is -2.32. The fraction of sp³-hybridized carbons (Fsp3) is 0.375. The third kappa shape index (κ3) is 5.06. The fourth-order valence-corrected chi connectivity index (χ4v) is 5.27. The first-order valence-electron chi connectivity index (χ1n) is 10.8. The molecule has 1 heterocycles. The van der Waals surface area contributed by atoms with Crippen LogP contribution in [0.2, 0.25) is 0 Å². The summed E-state index contributed by atoms with van der Waals surface area (Å²) in [6.07, 6.45) is 2.30. The maximum absolute atomic E-state index is 13.9. The molecule has 3 aromatic rings. The van der Waals surface area contributed by atoms with Gasteiger partial charge in [-0.1, -0.05) is 0 Å². The summed E-state index contributed by atoms with van der Waals surface area (Å²) in [5, 5.41) is 0.899. The maximum Gasteiger partial charge on any atom is 0.305 e. The number of ether oxygens (including phenoxy) is 4. The average Bonchev–Trinajstić information content (AvgIpc) is 3.20. The highest BCUT2D eigenvalue weighted by atomic mass is 32.2. The monoisotopic (exact) mass is 490 g/mol. The second-order valence-corrected chi connectivity index (χ2v) is 9.38. The molecule has 0 amide bonds. The van der Waals surface area contributed by atoms with Crippen molar-refractivity contribution in [2.75, 3.05) is 38.8 Å². The van der Waals surface area contributed by atoms with Crippen molar-refractivity contribution >= 4 is 32.6 Å². The molecule has 0 atom stereocenters. The number of esters is 1. The van der Waals surface area contributed by atoms with Crippen molar-refractivity contribution in [3.63, 3.8) is 0 Å². The molecule has 0 bridgehead atoms. The van der Waals surface area contributed by atoms with E-state index in [0.29, 0.717) is 11.4 Å². The molecule has 2 aromatic carbocycles. The number of carbonyl (C=O) groups is 1. The molecular weight excluding hydrogens is 460 g/mol. The van der Waals surface area contributed by atoms with E-state index >= 15 is 0 Å². The Balaban J connectivity index is 2.07. The molecule has 9 nitrogen and oxygen atoms in total. The van der Waals surface area contributed by atoms with Crippen LogP contribution >= 0.6 is 0 Å². The van der Waals surface area contributed by atoms with Crippen LogP contribution in [0, 0.1) is 0 Å². The van der Waals surface area contributed by atoms with E-state index in [9.17, 15) is 13.2 Å². The van der Waals surface area contributed by atoms with Crippen molar-refractivity contribution in [2.24, 2.45) is 7.05 Å². The zero-order valence-electron chi connectivity index (χ0n) is 20.0. The molecular formula is C24H30N2O7S. The zero-order chi connectivity index (χ0) is 24.9. The minimum atomic E-state index is -4.06. The molecule has 3 rings (SSSR count). The van der Waals surface area contributed by atoms with Crippen molar-refractivity contribution in [1.29, 1.82) is 0 Å². The van der Waals surface area contributed by atoms with Gasteiger partial charge in [-0.2, -0.15) is 0 Å². The van der Waals surface area contributed by atoms with E-state index in [1.165, 1.54) is 37.8 Å². The Bertz CT molecular complexity index is 1240. The van der Waals surface area contributed by atoms with Crippen molar-refractivity contribution in [2.45, 2.75) is 24.7 Å². The van der Waals surface area contributed by atoms with Crippen molar-refractivity contribution in [1.82, 2.24) is 4.57 Å². The second-order valence-electron chi connectivity index (χ2n) is 7.52. The lowest BCUT2D eigenvalue weighted by Gasteiger charge is -2.25. The number of fused-ring (bicyclic) bond motifs is 1. The molecule has 0 unspecified atom stereocenters. The lowest BCUT2D eigenvalue weighted by atomic mass is 10.2. The third-order valence-corrected chi connectivity index (χ3v) is 7.24. The summed E-state index contributed by atoms with van der Waals surface area (Å²) in [4.78, 5) is 11.8. The topological polar surface area (TPSA) is 96.3 Å². The molecule has 0 spiro atoms. The minimum absolute atomic E-state index is 0.0220. The van der Waals surface area contributed by atoms with Gasteiger partial charge in [0.25, 0.3) is 10.0 Å². The zero-order valence-corrected chi connectivity index (χ0v) is 20.8. The minimum Gasteiger partial charge on any atom is -0.493 e. The Morgan fingerprint density at radius 1 is 1.00 bits per heavy atom. The van der Waals surface area contributed by atoms with E-state index in [1.54, 1.807) is 13.0 Å². The van der Waals surface area contributed by atoms with Crippen LogP contribution in [0.3, 0.4) is 0 Å². The highest BCUT2D eigenvalue weighted by Gasteiger charge is 2.28. The van der Waals surface area contributed by atoms with Crippen molar-refractivity contribution in [3.05, 3.63) is 42.6 Å². The predicted octanol–water partition coefficient (Wildman–Crippen LogP) is 3.74. The summed E-state index contributed by atoms with van der Waals surface area (Å²) < 4.78 is 52.0. The number of methoxy groups -OCH3 is 3. The summed E-state index contributed by atoms with van der Waals surface area (Å²) in [7, 11) is 2.16. The number of rotatable bonds is 11. The maximum atomic E-state index is 13.9. The van der Waals surface area contributed by atoms with E-state index < -0.39 is 10.0 Å². The second kappa shape index (κ2) is 10.7. The Hall–Kier alpha value is -3.40. The summed E-state index contributed by atoms with van der Waals surface area (Å²) in [5.74, 6) is 0.380. The molecule has 10 heteroatoms. The number of sulfonamides is 1. The normalized spacial score (nSPS) is 11.3. The Morgan fingerprint density at radius 2 is 1.68 bits per heavy atom. The summed E-state index contributed by atoms with van der Waals surface area (Å²) >= 11 is 0. The molecule has 0 aliphatic carbocycles. The van der Waals surface area contributed by atoms with Gasteiger partial charge in [0.2, 0.25) is 5.75 Å². The van der Waals surface area contributed by atoms with Crippen LogP contribution in [0.25, 0.3) is 10.9 Å². The SMILES string of the molecule is CCOC(=O)CCCN(c1ccc2c(ccn2C)c1)S(=O)(=O)c1cc(OC)c(OC)c(OC)c1. The number of anilines is 1. The summed E-state index contributed by atoms with van der Waals surface area (Å²) in [6.45, 7) is 2.08. The molecule has 0 saturated heterocycles. The van der Waals surface area contributed by atoms with Crippen LogP contribution in [-0.4, -0.2) is 53.4 Å². The first-order chi connectivity index (χ1) is 16.3. The molecule has 0 aliphatic heterocycles. The highest BCUT2D eigenvalue weighted by Crippen LogP contribution is 2.40. The smallest absolute Gasteiger partial charge is 0.305 e. The van der Waals surface area contributed by atoms with Crippen LogP contribution < -0.4 is 18.5 Å². The van der Waals surface area contributed by atoms with Gasteiger partial charge in [-0.05, 0) is 37.6 Å². The molecule has 34 heavy (non-hydrogen) atoms. The Morgan fingerprint density at radius 3 is 2.26 bits per heavy atom. The first-order valence-corrected chi connectivity index (χ1v) is 12.2. The number of hydrogen-bond acceptors (Lipinski definition) is 7. The average molecular weight is 491 g/mol. The molecule has 0 N–H and O–H groups in total. The van der Waals surface area contributed by atoms with Crippen LogP contribution in [0.4, 0.5) is 5.69 Å². The highest BCUT2D eigenvalue weighted by molar-refractivity contribution is 7.92. The number of hydrogen-bond donors (Lipinski definition) is 0. The van der Waals surface area contributed by atoms with Crippen molar-refractivity contribution in [3.8, 4) is 17.2 Å². The predicted molar refractivity (Wildman–Crippen MR) is 129 cm³/mol. The molecule has 0 fully saturated rings. The summed E-state index contributed by atoms with van der Waals surface area (Å²) in [5.41, 5.74) is 1.46. The summed E-state index contributed by atoms with van der Waals surface area (Å²) in [6, 6.07) is 10.2. The number of benzene rings is 2. The fourth-order valence-electron chi connectivity index (χ4n) is 3.75. The van der Waals surface area contributed by atoms with E-state index in [1.807, 2.05) is 36.0 Å². The van der Waals surface area contributed by atoms with Crippen LogP contribution in [0.1, 0.15) is 19.8 Å². The largest absolute Gasteiger partial charge is 0.493 e. The van der Waals surface area contributed by atoms with Crippen LogP contribution in [0.15, 0.2) is 47.5 Å². The molecule has 1 aromatic heterocycles. The van der Waals surface area contributed by atoms with Gasteiger partial charge >= 0.3 is 5.97 Å². The number of carbonyl (C=O) groups excluding carboxylic acids is 1. The van der Waals surface area contributed by atoms with Gasteiger partial charge in [0, 0.05) is 49.2 Å². The first kappa shape index (κ1) is 25.2. The Kier molecular flexibility index (Phi) is 7.93. The van der Waals surface area contributed by atoms with Gasteiger partial charge in [-0.3, -0.25) is 9.10 Å². The number of aromatic nitrogens is 1. The standard InChI is InChI=1S/C24H30N2O7S/c1-6-33-23(27)8-7-12-26(18-9-10-20-17(14-18)11-13-25(20)2)34(28,29)19-15-21(30-3)24(32-5)22(16-19)31-4/h9-11,13-16H,6-8,12H2,1-5H3. The van der Waals surface area contributed by atoms with Gasteiger partial charge < -0.3 is 23.5 Å². The lowest BCUT2D eigenvalue weighted by molar-refractivity contribution is -0.143. The molecule has 184 valence electrons. The molecule has 0 radical (unpaired) electrons. The quantitative estimate of drug-likeness (QED) is 0.378. The van der Waals surface area contributed by atoms with E-state index in [4.69, 9.17) is 18.9 Å². The molecule has 0 aliphatic rings. The Labute approximate surface area is 199 Å². The van der Waals surface area contributed by atoms with Gasteiger partial charge in [-0.15, -0.1) is 0 Å². The van der Waals surface area contributed by atoms with Crippen LogP contribution in [0.5, 0.6) is 17.2 Å². The number of aryl methyl sites for hydroxylation is 1. The third-order valence-electron chi connectivity index (χ3n) is 5.43. The number of nitrogens with zero attached hydrogens (tertiary/aromatic N) is 2. The van der Waals surface area contributed by atoms with E-state index in [-0.39, 0.29) is 48.4 Å². The van der Waals surface area contributed by atoms with Crippen LogP contribution in [-0.2, 0) is 26.6 Å². The molecule has 0 saturated carbocycles. The van der Waals surface area contributed by atoms with Gasteiger partial charge in [0.15, 0.2) is 11.5 Å². The van der Waals surface area contributed by atoms with Gasteiger partial charge in [-0.25, -0.2) is 8.42 Å². The van der Waals surface area contributed by atoms with E-state index in [2.05, 4.69) is 0 Å².